The molecule has 2 rings (SSSR count). The van der Waals surface area contributed by atoms with Crippen LogP contribution < -0.4 is 5.32 Å². The first-order valence-electron chi connectivity index (χ1n) is 5.50. The smallest absolute Gasteiger partial charge is 0.221 e. The van der Waals surface area contributed by atoms with Gasteiger partial charge in [0.1, 0.15) is 0 Å². The number of aryl methyl sites for hydroxylation is 1. The summed E-state index contributed by atoms with van der Waals surface area (Å²) in [4.78, 5) is 14.6. The van der Waals surface area contributed by atoms with Crippen LogP contribution in [0.3, 0.4) is 0 Å². The molecule has 0 saturated carbocycles. The van der Waals surface area contributed by atoms with Crippen LogP contribution in [0.25, 0.3) is 0 Å². The van der Waals surface area contributed by atoms with Gasteiger partial charge in [-0.15, -0.1) is 5.10 Å². The summed E-state index contributed by atoms with van der Waals surface area (Å²) in [5.41, 5.74) is 0.994. The van der Waals surface area contributed by atoms with E-state index in [1.165, 1.54) is 11.8 Å². The largest absolute Gasteiger partial charge is 0.364 e. The molecule has 2 N–H and O–H groups in total. The van der Waals surface area contributed by atoms with Crippen molar-refractivity contribution >= 4 is 17.7 Å². The molecule has 18 heavy (non-hydrogen) atoms. The number of thioether (sulfide) groups is 1. The number of H-pyrrole nitrogens is 1. The third kappa shape index (κ3) is 3.59. The van der Waals surface area contributed by atoms with Gasteiger partial charge in [-0.1, -0.05) is 11.8 Å². The van der Waals surface area contributed by atoms with Gasteiger partial charge in [-0.05, 0) is 22.6 Å². The van der Waals surface area contributed by atoms with Crippen LogP contribution in [0.5, 0.6) is 0 Å². The van der Waals surface area contributed by atoms with E-state index in [2.05, 4.69) is 25.8 Å². The van der Waals surface area contributed by atoms with Crippen molar-refractivity contribution < 1.29 is 4.79 Å². The summed E-state index contributed by atoms with van der Waals surface area (Å²) in [5.74, 6) is 0.678. The van der Waals surface area contributed by atoms with E-state index in [4.69, 9.17) is 0 Å². The Bertz CT molecular complexity index is 494. The van der Waals surface area contributed by atoms with Crippen molar-refractivity contribution in [2.45, 2.75) is 18.1 Å². The van der Waals surface area contributed by atoms with Crippen LogP contribution in [-0.2, 0) is 18.4 Å². The summed E-state index contributed by atoms with van der Waals surface area (Å²) in [5, 5.41) is 14.6. The Morgan fingerprint density at radius 1 is 1.61 bits per heavy atom. The predicted octanol–water partition coefficient (Wildman–Crippen LogP) is 0.337. The molecule has 0 saturated heterocycles. The number of hydrogen-bond acceptors (Lipinski definition) is 5. The second-order valence-corrected chi connectivity index (χ2v) is 4.72. The highest BCUT2D eigenvalue weighted by Crippen LogP contribution is 2.12. The molecule has 0 unspecified atom stereocenters. The van der Waals surface area contributed by atoms with Crippen molar-refractivity contribution in [3.63, 3.8) is 0 Å². The molecule has 2 heterocycles. The quantitative estimate of drug-likeness (QED) is 0.736. The van der Waals surface area contributed by atoms with Crippen LogP contribution in [0.1, 0.15) is 12.1 Å². The fourth-order valence-electron chi connectivity index (χ4n) is 1.34. The number of carbonyl (C=O) groups is 1. The third-order valence-corrected chi connectivity index (χ3v) is 3.29. The van der Waals surface area contributed by atoms with Gasteiger partial charge < -0.3 is 10.3 Å². The fourth-order valence-corrected chi connectivity index (χ4v) is 2.13. The van der Waals surface area contributed by atoms with Crippen LogP contribution in [0.4, 0.5) is 0 Å². The fraction of sp³-hybridized carbons (Fsp3) is 0.400. The van der Waals surface area contributed by atoms with E-state index in [0.29, 0.717) is 23.9 Å². The number of tetrazole rings is 1. The Morgan fingerprint density at radius 3 is 3.17 bits per heavy atom. The molecule has 8 heteroatoms. The Labute approximate surface area is 108 Å². The summed E-state index contributed by atoms with van der Waals surface area (Å²) in [6, 6.07) is 3.83. The first-order valence-corrected chi connectivity index (χ1v) is 6.48. The van der Waals surface area contributed by atoms with Crippen molar-refractivity contribution in [1.29, 1.82) is 0 Å². The number of rotatable bonds is 6. The maximum Gasteiger partial charge on any atom is 0.221 e. The monoisotopic (exact) mass is 266 g/mol. The highest BCUT2D eigenvalue weighted by Gasteiger charge is 2.05. The number of aromatic nitrogens is 5. The normalized spacial score (nSPS) is 10.5. The van der Waals surface area contributed by atoms with Gasteiger partial charge in [-0.3, -0.25) is 4.79 Å². The van der Waals surface area contributed by atoms with E-state index < -0.39 is 0 Å². The Kier molecular flexibility index (Phi) is 4.35. The van der Waals surface area contributed by atoms with Crippen LogP contribution in [-0.4, -0.2) is 36.9 Å². The molecule has 0 aliphatic carbocycles. The van der Waals surface area contributed by atoms with Crippen LogP contribution in [0.15, 0.2) is 23.5 Å². The van der Waals surface area contributed by atoms with E-state index in [0.717, 1.165) is 5.69 Å². The first-order chi connectivity index (χ1) is 8.75. The van der Waals surface area contributed by atoms with Crippen molar-refractivity contribution in [1.82, 2.24) is 30.5 Å². The molecule has 0 spiro atoms. The van der Waals surface area contributed by atoms with Gasteiger partial charge in [0.15, 0.2) is 0 Å². The molecule has 1 amide bonds. The molecule has 0 radical (unpaired) electrons. The molecule has 0 atom stereocenters. The average Bonchev–Trinajstić information content (AvgIpc) is 2.99. The lowest BCUT2D eigenvalue weighted by atomic mass is 10.4. The standard InChI is InChI=1S/C10H14N6OS/c1-16-10(13-14-15-16)18-6-4-9(17)12-7-8-3-2-5-11-8/h2-3,5,11H,4,6-7H2,1H3,(H,12,17). The van der Waals surface area contributed by atoms with Gasteiger partial charge in [-0.2, -0.15) is 0 Å². The van der Waals surface area contributed by atoms with E-state index in [1.54, 1.807) is 11.7 Å². The molecule has 2 aromatic rings. The zero-order valence-electron chi connectivity index (χ0n) is 9.96. The molecule has 0 aromatic carbocycles. The van der Waals surface area contributed by atoms with E-state index in [9.17, 15) is 4.79 Å². The minimum atomic E-state index is 0.0206. The van der Waals surface area contributed by atoms with Gasteiger partial charge in [0.2, 0.25) is 11.1 Å². The molecule has 0 aliphatic heterocycles. The molecule has 7 nitrogen and oxygen atoms in total. The Balaban J connectivity index is 1.65. The molecular weight excluding hydrogens is 252 g/mol. The highest BCUT2D eigenvalue weighted by molar-refractivity contribution is 7.99. The maximum atomic E-state index is 11.6. The second-order valence-electron chi connectivity index (χ2n) is 3.66. The van der Waals surface area contributed by atoms with Gasteiger partial charge in [0.25, 0.3) is 0 Å². The van der Waals surface area contributed by atoms with Crippen LogP contribution in [0.2, 0.25) is 0 Å². The number of hydrogen-bond donors (Lipinski definition) is 2. The molecule has 0 bridgehead atoms. The Morgan fingerprint density at radius 2 is 2.50 bits per heavy atom. The van der Waals surface area contributed by atoms with Gasteiger partial charge in [-0.25, -0.2) is 4.68 Å². The molecule has 2 aromatic heterocycles. The lowest BCUT2D eigenvalue weighted by Gasteiger charge is -2.03. The predicted molar refractivity (Wildman–Crippen MR) is 66.8 cm³/mol. The topological polar surface area (TPSA) is 88.5 Å². The van der Waals surface area contributed by atoms with Gasteiger partial charge in [0, 0.05) is 31.1 Å². The summed E-state index contributed by atoms with van der Waals surface area (Å²) >= 11 is 1.46. The molecule has 0 aliphatic rings. The first kappa shape index (κ1) is 12.6. The zero-order valence-corrected chi connectivity index (χ0v) is 10.8. The minimum Gasteiger partial charge on any atom is -0.364 e. The number of amides is 1. The van der Waals surface area contributed by atoms with E-state index >= 15 is 0 Å². The van der Waals surface area contributed by atoms with Crippen molar-refractivity contribution in [2.75, 3.05) is 5.75 Å². The lowest BCUT2D eigenvalue weighted by Crippen LogP contribution is -2.23. The molecule has 96 valence electrons. The maximum absolute atomic E-state index is 11.6. The van der Waals surface area contributed by atoms with Gasteiger partial charge in [0.05, 0.1) is 6.54 Å². The number of nitrogens with zero attached hydrogens (tertiary/aromatic N) is 4. The third-order valence-electron chi connectivity index (χ3n) is 2.28. The lowest BCUT2D eigenvalue weighted by molar-refractivity contribution is -0.120. The SMILES string of the molecule is Cn1nnnc1SCCC(=O)NCc1ccc[nH]1. The molecular formula is C10H14N6OS. The summed E-state index contributed by atoms with van der Waals surface area (Å²) in [6.07, 6.45) is 2.27. The zero-order chi connectivity index (χ0) is 12.8. The number of aromatic amines is 1. The average molecular weight is 266 g/mol. The summed E-state index contributed by atoms with van der Waals surface area (Å²) in [6.45, 7) is 0.530. The van der Waals surface area contributed by atoms with Gasteiger partial charge >= 0.3 is 0 Å². The van der Waals surface area contributed by atoms with Crippen molar-refractivity contribution in [3.8, 4) is 0 Å². The van der Waals surface area contributed by atoms with Crippen LogP contribution in [0, 0.1) is 0 Å². The Hall–Kier alpha value is -1.83. The summed E-state index contributed by atoms with van der Waals surface area (Å²) in [7, 11) is 1.77. The second kappa shape index (κ2) is 6.20. The number of carbonyl (C=O) groups excluding carboxylic acids is 1. The molecule has 0 fully saturated rings. The van der Waals surface area contributed by atoms with Crippen molar-refractivity contribution in [3.05, 3.63) is 24.0 Å². The highest BCUT2D eigenvalue weighted by atomic mass is 32.2. The van der Waals surface area contributed by atoms with Crippen molar-refractivity contribution in [2.24, 2.45) is 7.05 Å². The van der Waals surface area contributed by atoms with E-state index in [1.807, 2.05) is 18.3 Å². The number of nitrogens with one attached hydrogen (secondary N) is 2. The summed E-state index contributed by atoms with van der Waals surface area (Å²) < 4.78 is 1.58. The van der Waals surface area contributed by atoms with Crippen LogP contribution >= 0.6 is 11.8 Å². The minimum absolute atomic E-state index is 0.0206. The van der Waals surface area contributed by atoms with E-state index in [-0.39, 0.29) is 5.91 Å².